The number of carbonyl (C=O) groups excluding carboxylic acids is 1. The number of halogens is 1. The van der Waals surface area contributed by atoms with Gasteiger partial charge in [-0.2, -0.15) is 5.10 Å². The average molecular weight is 342 g/mol. The van der Waals surface area contributed by atoms with Gasteiger partial charge in [0.15, 0.2) is 0 Å². The second-order valence-corrected chi connectivity index (χ2v) is 6.17. The van der Waals surface area contributed by atoms with Crippen LogP contribution in [-0.2, 0) is 24.4 Å². The Morgan fingerprint density at radius 3 is 2.88 bits per heavy atom. The minimum atomic E-state index is -0.215. The molecule has 6 heteroatoms. The lowest BCUT2D eigenvalue weighted by molar-refractivity contribution is -0.120. The van der Waals surface area contributed by atoms with Crippen LogP contribution in [0.2, 0.25) is 0 Å². The van der Waals surface area contributed by atoms with Crippen molar-refractivity contribution in [1.82, 2.24) is 20.0 Å². The molecule has 2 heterocycles. The van der Waals surface area contributed by atoms with Crippen LogP contribution < -0.4 is 5.32 Å². The maximum absolute atomic E-state index is 12.9. The number of benzene rings is 1. The molecule has 1 aliphatic rings. The number of amides is 1. The molecule has 5 nitrogen and oxygen atoms in total. The summed E-state index contributed by atoms with van der Waals surface area (Å²) < 4.78 is 14.9. The standard InChI is InChI=1S/C19H23FN4O/c1-2-19(25)21-13-17-12-18-14-23(10-11-24(18)22-17)9-3-4-15-5-7-16(20)8-6-15/h3-8,12H,2,9-11,13-14H2,1H3,(H,21,25)/b4-3+. The molecule has 25 heavy (non-hydrogen) atoms. The first-order valence-corrected chi connectivity index (χ1v) is 8.61. The molecule has 0 atom stereocenters. The van der Waals surface area contributed by atoms with Gasteiger partial charge in [-0.1, -0.05) is 31.2 Å². The maximum Gasteiger partial charge on any atom is 0.220 e. The second kappa shape index (κ2) is 8.07. The van der Waals surface area contributed by atoms with Crippen molar-refractivity contribution in [3.05, 3.63) is 59.2 Å². The summed E-state index contributed by atoms with van der Waals surface area (Å²) in [6.45, 7) is 5.78. The Labute approximate surface area is 147 Å². The van der Waals surface area contributed by atoms with Crippen LogP contribution in [0, 0.1) is 5.82 Å². The normalized spacial score (nSPS) is 14.6. The molecule has 0 fully saturated rings. The number of nitrogens with zero attached hydrogens (tertiary/aromatic N) is 3. The van der Waals surface area contributed by atoms with Crippen molar-refractivity contribution in [2.24, 2.45) is 0 Å². The van der Waals surface area contributed by atoms with E-state index in [4.69, 9.17) is 0 Å². The molecular formula is C19H23FN4O. The molecule has 1 amide bonds. The molecule has 3 rings (SSSR count). The second-order valence-electron chi connectivity index (χ2n) is 6.17. The summed E-state index contributed by atoms with van der Waals surface area (Å²) in [5.41, 5.74) is 3.07. The molecule has 132 valence electrons. The van der Waals surface area contributed by atoms with E-state index in [0.29, 0.717) is 13.0 Å². The van der Waals surface area contributed by atoms with Crippen LogP contribution in [-0.4, -0.2) is 33.7 Å². The van der Waals surface area contributed by atoms with Gasteiger partial charge in [0.2, 0.25) is 5.91 Å². The highest BCUT2D eigenvalue weighted by Gasteiger charge is 2.17. The molecule has 0 saturated carbocycles. The first-order chi connectivity index (χ1) is 12.1. The van der Waals surface area contributed by atoms with Crippen LogP contribution in [0.15, 0.2) is 36.4 Å². The number of nitrogens with one attached hydrogen (secondary N) is 1. The highest BCUT2D eigenvalue weighted by molar-refractivity contribution is 5.75. The van der Waals surface area contributed by atoms with Crippen molar-refractivity contribution in [3.8, 4) is 0 Å². The number of fused-ring (bicyclic) bond motifs is 1. The number of hydrogen-bond donors (Lipinski definition) is 1. The van der Waals surface area contributed by atoms with Crippen molar-refractivity contribution in [1.29, 1.82) is 0 Å². The highest BCUT2D eigenvalue weighted by Crippen LogP contribution is 2.14. The van der Waals surface area contributed by atoms with E-state index in [0.717, 1.165) is 37.4 Å². The van der Waals surface area contributed by atoms with Gasteiger partial charge in [-0.05, 0) is 23.8 Å². The third kappa shape index (κ3) is 4.76. The van der Waals surface area contributed by atoms with Gasteiger partial charge in [-0.15, -0.1) is 0 Å². The molecule has 0 saturated heterocycles. The summed E-state index contributed by atoms with van der Waals surface area (Å²) >= 11 is 0. The first-order valence-electron chi connectivity index (χ1n) is 8.61. The van der Waals surface area contributed by atoms with E-state index in [9.17, 15) is 9.18 Å². The summed E-state index contributed by atoms with van der Waals surface area (Å²) in [6.07, 6.45) is 4.60. The molecule has 0 bridgehead atoms. The highest BCUT2D eigenvalue weighted by atomic mass is 19.1. The maximum atomic E-state index is 12.9. The molecule has 0 unspecified atom stereocenters. The van der Waals surface area contributed by atoms with E-state index in [1.54, 1.807) is 12.1 Å². The zero-order valence-electron chi connectivity index (χ0n) is 14.4. The van der Waals surface area contributed by atoms with E-state index in [1.165, 1.54) is 17.8 Å². The van der Waals surface area contributed by atoms with Crippen LogP contribution >= 0.6 is 0 Å². The van der Waals surface area contributed by atoms with E-state index >= 15 is 0 Å². The summed E-state index contributed by atoms with van der Waals surface area (Å²) in [5.74, 6) is -0.175. The van der Waals surface area contributed by atoms with Crippen molar-refractivity contribution in [2.45, 2.75) is 33.0 Å². The molecular weight excluding hydrogens is 319 g/mol. The topological polar surface area (TPSA) is 50.2 Å². The van der Waals surface area contributed by atoms with Gasteiger partial charge < -0.3 is 5.32 Å². The smallest absolute Gasteiger partial charge is 0.220 e. The molecule has 0 radical (unpaired) electrons. The lowest BCUT2D eigenvalue weighted by atomic mass is 10.2. The van der Waals surface area contributed by atoms with Crippen molar-refractivity contribution < 1.29 is 9.18 Å². The van der Waals surface area contributed by atoms with Gasteiger partial charge >= 0.3 is 0 Å². The predicted molar refractivity (Wildman–Crippen MR) is 95.1 cm³/mol. The van der Waals surface area contributed by atoms with Crippen LogP contribution in [0.25, 0.3) is 6.08 Å². The summed E-state index contributed by atoms with van der Waals surface area (Å²) in [5, 5.41) is 7.41. The molecule has 0 spiro atoms. The van der Waals surface area contributed by atoms with Crippen molar-refractivity contribution in [2.75, 3.05) is 13.1 Å². The van der Waals surface area contributed by atoms with Crippen LogP contribution in [0.3, 0.4) is 0 Å². The molecule has 1 aromatic carbocycles. The molecule has 1 aliphatic heterocycles. The van der Waals surface area contributed by atoms with E-state index in [-0.39, 0.29) is 11.7 Å². The Morgan fingerprint density at radius 2 is 2.12 bits per heavy atom. The predicted octanol–water partition coefficient (Wildman–Crippen LogP) is 2.58. The zero-order valence-corrected chi connectivity index (χ0v) is 14.4. The van der Waals surface area contributed by atoms with E-state index < -0.39 is 0 Å². The number of rotatable bonds is 6. The third-order valence-electron chi connectivity index (χ3n) is 4.26. The Morgan fingerprint density at radius 1 is 1.32 bits per heavy atom. The minimum absolute atomic E-state index is 0.0403. The molecule has 1 aromatic heterocycles. The molecule has 1 N–H and O–H groups in total. The lowest BCUT2D eigenvalue weighted by Gasteiger charge is -2.26. The summed E-state index contributed by atoms with van der Waals surface area (Å²) in [4.78, 5) is 13.7. The largest absolute Gasteiger partial charge is 0.350 e. The minimum Gasteiger partial charge on any atom is -0.350 e. The third-order valence-corrected chi connectivity index (χ3v) is 4.26. The lowest BCUT2D eigenvalue weighted by Crippen LogP contribution is -2.33. The molecule has 0 aliphatic carbocycles. The fraction of sp³-hybridized carbons (Fsp3) is 0.368. The van der Waals surface area contributed by atoms with Crippen LogP contribution in [0.1, 0.15) is 30.3 Å². The van der Waals surface area contributed by atoms with Gasteiger partial charge in [0.25, 0.3) is 0 Å². The SMILES string of the molecule is CCC(=O)NCc1cc2n(n1)CCN(C/C=C/c1ccc(F)cc1)C2. The van der Waals surface area contributed by atoms with Gasteiger partial charge in [-0.3, -0.25) is 14.4 Å². The van der Waals surface area contributed by atoms with Gasteiger partial charge in [0.05, 0.1) is 24.5 Å². The van der Waals surface area contributed by atoms with E-state index in [1.807, 2.05) is 17.7 Å². The fourth-order valence-corrected chi connectivity index (χ4v) is 2.85. The summed E-state index contributed by atoms with van der Waals surface area (Å²) in [7, 11) is 0. The zero-order chi connectivity index (χ0) is 17.6. The average Bonchev–Trinajstić information content (AvgIpc) is 3.03. The molecule has 2 aromatic rings. The Balaban J connectivity index is 1.53. The fourth-order valence-electron chi connectivity index (χ4n) is 2.85. The Kier molecular flexibility index (Phi) is 5.60. The number of aromatic nitrogens is 2. The van der Waals surface area contributed by atoms with Gasteiger partial charge in [0.1, 0.15) is 5.82 Å². The van der Waals surface area contributed by atoms with Crippen molar-refractivity contribution in [3.63, 3.8) is 0 Å². The Hall–Kier alpha value is -2.47. The summed E-state index contributed by atoms with van der Waals surface area (Å²) in [6, 6.07) is 8.55. The van der Waals surface area contributed by atoms with Crippen molar-refractivity contribution >= 4 is 12.0 Å². The number of hydrogen-bond acceptors (Lipinski definition) is 3. The van der Waals surface area contributed by atoms with Gasteiger partial charge in [0, 0.05) is 26.1 Å². The first kappa shape index (κ1) is 17.4. The van der Waals surface area contributed by atoms with Crippen LogP contribution in [0.4, 0.5) is 4.39 Å². The van der Waals surface area contributed by atoms with Gasteiger partial charge in [-0.25, -0.2) is 4.39 Å². The Bertz CT molecular complexity index is 751. The number of carbonyl (C=O) groups is 1. The quantitative estimate of drug-likeness (QED) is 0.878. The monoisotopic (exact) mass is 342 g/mol. The van der Waals surface area contributed by atoms with E-state index in [2.05, 4.69) is 27.5 Å². The van der Waals surface area contributed by atoms with Crippen LogP contribution in [0.5, 0.6) is 0 Å².